The Morgan fingerprint density at radius 3 is 2.45 bits per heavy atom. The highest BCUT2D eigenvalue weighted by molar-refractivity contribution is 5.56. The summed E-state index contributed by atoms with van der Waals surface area (Å²) in [6, 6.07) is 12.9. The predicted octanol–water partition coefficient (Wildman–Crippen LogP) is 3.51. The maximum absolute atomic E-state index is 9.25. The predicted molar refractivity (Wildman–Crippen MR) is 77.2 cm³/mol. The molecule has 0 aromatic heterocycles. The fourth-order valence-electron chi connectivity index (χ4n) is 2.15. The normalized spacial score (nSPS) is 15.1. The minimum absolute atomic E-state index is 0.277. The molecule has 0 saturated heterocycles. The van der Waals surface area contributed by atoms with Crippen LogP contribution in [0.5, 0.6) is 17.2 Å². The minimum Gasteiger partial charge on any atom is -0.508 e. The van der Waals surface area contributed by atoms with Crippen molar-refractivity contribution in [2.45, 2.75) is 26.2 Å². The number of fused-ring (bicyclic) bond motifs is 1. The van der Waals surface area contributed by atoms with Crippen LogP contribution in [0.25, 0.3) is 0 Å². The molecule has 0 fully saturated rings. The lowest BCUT2D eigenvalue weighted by molar-refractivity contribution is -0.0431. The van der Waals surface area contributed by atoms with Gasteiger partial charge in [-0.05, 0) is 29.8 Å². The molecule has 0 atom stereocenters. The van der Waals surface area contributed by atoms with Crippen molar-refractivity contribution in [1.29, 1.82) is 0 Å². The van der Waals surface area contributed by atoms with Gasteiger partial charge in [0.2, 0.25) is 5.79 Å². The third kappa shape index (κ3) is 2.64. The number of anilines is 1. The molecule has 4 heteroatoms. The zero-order valence-electron chi connectivity index (χ0n) is 11.5. The van der Waals surface area contributed by atoms with Gasteiger partial charge in [-0.1, -0.05) is 12.1 Å². The molecule has 0 saturated carbocycles. The Morgan fingerprint density at radius 2 is 1.70 bits per heavy atom. The lowest BCUT2D eigenvalue weighted by Crippen LogP contribution is -2.29. The van der Waals surface area contributed by atoms with E-state index in [1.54, 1.807) is 12.1 Å². The molecule has 2 aromatic rings. The van der Waals surface area contributed by atoms with E-state index >= 15 is 0 Å². The molecule has 3 rings (SSSR count). The number of hydrogen-bond donors (Lipinski definition) is 2. The third-order valence-electron chi connectivity index (χ3n) is 3.09. The Labute approximate surface area is 118 Å². The number of rotatable bonds is 3. The molecular formula is C16H17NO3. The first-order valence-electron chi connectivity index (χ1n) is 6.56. The van der Waals surface area contributed by atoms with Gasteiger partial charge in [0.05, 0.1) is 0 Å². The van der Waals surface area contributed by atoms with Crippen molar-refractivity contribution in [3.63, 3.8) is 0 Å². The highest BCUT2D eigenvalue weighted by Crippen LogP contribution is 2.40. The summed E-state index contributed by atoms with van der Waals surface area (Å²) < 4.78 is 11.4. The summed E-state index contributed by atoms with van der Waals surface area (Å²) in [5.74, 6) is 1.20. The van der Waals surface area contributed by atoms with E-state index in [1.165, 1.54) is 0 Å². The van der Waals surface area contributed by atoms with E-state index < -0.39 is 5.79 Å². The SMILES string of the molecule is CC1(C)Oc2ccc(NCc3ccc(O)cc3)cc2O1. The molecular weight excluding hydrogens is 254 g/mol. The lowest BCUT2D eigenvalue weighted by Gasteiger charge is -2.16. The molecule has 0 spiro atoms. The van der Waals surface area contributed by atoms with Crippen LogP contribution < -0.4 is 14.8 Å². The van der Waals surface area contributed by atoms with Crippen LogP contribution in [0.15, 0.2) is 42.5 Å². The first-order chi connectivity index (χ1) is 9.52. The molecule has 0 radical (unpaired) electrons. The Kier molecular flexibility index (Phi) is 2.93. The van der Waals surface area contributed by atoms with Crippen LogP contribution in [-0.2, 0) is 6.54 Å². The third-order valence-corrected chi connectivity index (χ3v) is 3.09. The average molecular weight is 271 g/mol. The molecule has 0 bridgehead atoms. The van der Waals surface area contributed by atoms with Gasteiger partial charge in [-0.25, -0.2) is 0 Å². The van der Waals surface area contributed by atoms with Crippen molar-refractivity contribution in [3.05, 3.63) is 48.0 Å². The van der Waals surface area contributed by atoms with E-state index in [1.807, 2.05) is 44.2 Å². The first kappa shape index (κ1) is 12.7. The van der Waals surface area contributed by atoms with Crippen LogP contribution in [0, 0.1) is 0 Å². The molecule has 2 aromatic carbocycles. The number of phenolic OH excluding ortho intramolecular Hbond substituents is 1. The smallest absolute Gasteiger partial charge is 0.246 e. The second-order valence-corrected chi connectivity index (χ2v) is 5.29. The van der Waals surface area contributed by atoms with Crippen molar-refractivity contribution in [2.75, 3.05) is 5.32 Å². The van der Waals surface area contributed by atoms with Gasteiger partial charge in [0.25, 0.3) is 0 Å². The Hall–Kier alpha value is -2.36. The van der Waals surface area contributed by atoms with Gasteiger partial charge >= 0.3 is 0 Å². The molecule has 1 heterocycles. The standard InChI is InChI=1S/C16H17NO3/c1-16(2)19-14-8-5-12(9-15(14)20-16)17-10-11-3-6-13(18)7-4-11/h3-9,17-18H,10H2,1-2H3. The van der Waals surface area contributed by atoms with E-state index in [0.717, 1.165) is 22.7 Å². The van der Waals surface area contributed by atoms with Crippen LogP contribution in [0.3, 0.4) is 0 Å². The number of benzene rings is 2. The molecule has 1 aliphatic heterocycles. The summed E-state index contributed by atoms with van der Waals surface area (Å²) in [6.45, 7) is 4.45. The van der Waals surface area contributed by atoms with Crippen LogP contribution in [-0.4, -0.2) is 10.9 Å². The molecule has 0 aliphatic carbocycles. The fourth-order valence-corrected chi connectivity index (χ4v) is 2.15. The number of phenols is 1. The highest BCUT2D eigenvalue weighted by atomic mass is 16.7. The molecule has 20 heavy (non-hydrogen) atoms. The van der Waals surface area contributed by atoms with Crippen molar-refractivity contribution < 1.29 is 14.6 Å². The zero-order valence-corrected chi connectivity index (χ0v) is 11.5. The van der Waals surface area contributed by atoms with Crippen LogP contribution in [0.2, 0.25) is 0 Å². The van der Waals surface area contributed by atoms with Crippen LogP contribution >= 0.6 is 0 Å². The summed E-state index contributed by atoms with van der Waals surface area (Å²) in [6.07, 6.45) is 0. The van der Waals surface area contributed by atoms with Gasteiger partial charge in [-0.2, -0.15) is 0 Å². The number of nitrogens with one attached hydrogen (secondary N) is 1. The van der Waals surface area contributed by atoms with E-state index in [9.17, 15) is 5.11 Å². The van der Waals surface area contributed by atoms with Gasteiger partial charge < -0.3 is 19.9 Å². The van der Waals surface area contributed by atoms with Crippen LogP contribution in [0.4, 0.5) is 5.69 Å². The molecule has 1 aliphatic rings. The molecule has 104 valence electrons. The van der Waals surface area contributed by atoms with Crippen LogP contribution in [0.1, 0.15) is 19.4 Å². The van der Waals surface area contributed by atoms with Gasteiger partial charge in [0.15, 0.2) is 11.5 Å². The second kappa shape index (κ2) is 4.63. The number of aromatic hydroxyl groups is 1. The Morgan fingerprint density at radius 1 is 1.00 bits per heavy atom. The topological polar surface area (TPSA) is 50.7 Å². The number of hydrogen-bond acceptors (Lipinski definition) is 4. The van der Waals surface area contributed by atoms with Gasteiger partial charge in [-0.3, -0.25) is 0 Å². The quantitative estimate of drug-likeness (QED) is 0.897. The van der Waals surface area contributed by atoms with Gasteiger partial charge in [0, 0.05) is 32.1 Å². The van der Waals surface area contributed by atoms with Crippen molar-refractivity contribution in [2.24, 2.45) is 0 Å². The second-order valence-electron chi connectivity index (χ2n) is 5.29. The molecule has 2 N–H and O–H groups in total. The van der Waals surface area contributed by atoms with E-state index in [4.69, 9.17) is 9.47 Å². The molecule has 0 amide bonds. The van der Waals surface area contributed by atoms with Gasteiger partial charge in [-0.15, -0.1) is 0 Å². The summed E-state index contributed by atoms with van der Waals surface area (Å²) in [5.41, 5.74) is 2.07. The zero-order chi connectivity index (χ0) is 14.2. The van der Waals surface area contributed by atoms with Crippen molar-refractivity contribution >= 4 is 5.69 Å². The highest BCUT2D eigenvalue weighted by Gasteiger charge is 2.31. The average Bonchev–Trinajstić information content (AvgIpc) is 2.71. The molecule has 0 unspecified atom stereocenters. The van der Waals surface area contributed by atoms with Crippen molar-refractivity contribution in [1.82, 2.24) is 0 Å². The number of ether oxygens (including phenoxy) is 2. The molecule has 4 nitrogen and oxygen atoms in total. The Balaban J connectivity index is 1.69. The monoisotopic (exact) mass is 271 g/mol. The fraction of sp³-hybridized carbons (Fsp3) is 0.250. The minimum atomic E-state index is -0.599. The largest absolute Gasteiger partial charge is 0.508 e. The van der Waals surface area contributed by atoms with E-state index in [0.29, 0.717) is 6.54 Å². The summed E-state index contributed by atoms with van der Waals surface area (Å²) in [5, 5.41) is 12.6. The summed E-state index contributed by atoms with van der Waals surface area (Å²) >= 11 is 0. The summed E-state index contributed by atoms with van der Waals surface area (Å²) in [7, 11) is 0. The van der Waals surface area contributed by atoms with Gasteiger partial charge in [0.1, 0.15) is 5.75 Å². The van der Waals surface area contributed by atoms with E-state index in [-0.39, 0.29) is 5.75 Å². The van der Waals surface area contributed by atoms with E-state index in [2.05, 4.69) is 5.32 Å². The summed E-state index contributed by atoms with van der Waals surface area (Å²) in [4.78, 5) is 0. The lowest BCUT2D eigenvalue weighted by atomic mass is 10.2. The van der Waals surface area contributed by atoms with Crippen molar-refractivity contribution in [3.8, 4) is 17.2 Å². The maximum Gasteiger partial charge on any atom is 0.246 e. The Bertz CT molecular complexity index is 620. The first-order valence-corrected chi connectivity index (χ1v) is 6.56. The maximum atomic E-state index is 9.25.